The van der Waals surface area contributed by atoms with E-state index in [2.05, 4.69) is 0 Å². The van der Waals surface area contributed by atoms with Crippen molar-refractivity contribution in [2.45, 2.75) is 0 Å². The van der Waals surface area contributed by atoms with Crippen LogP contribution in [0.3, 0.4) is 0 Å². The van der Waals surface area contributed by atoms with Crippen molar-refractivity contribution in [3.05, 3.63) is 35.4 Å². The van der Waals surface area contributed by atoms with Gasteiger partial charge in [-0.15, -0.1) is 0 Å². The molecule has 0 radical (unpaired) electrons. The maximum atomic E-state index is 13.1. The molecule has 0 aromatic heterocycles. The molecule has 0 bridgehead atoms. The molecule has 1 rings (SSSR count). The summed E-state index contributed by atoms with van der Waals surface area (Å²) in [6, 6.07) is 2.12. The Morgan fingerprint density at radius 3 is 2.57 bits per heavy atom. The molecule has 3 nitrogen and oxygen atoms in total. The Balaban J connectivity index is 3.19. The molecule has 1 aromatic rings. The molecular formula is C9H8F2N2O. The predicted octanol–water partition coefficient (Wildman–Crippen LogP) is 1.05. The van der Waals surface area contributed by atoms with Crippen LogP contribution < -0.4 is 11.5 Å². The Bertz CT molecular complexity index is 402. The zero-order valence-electron chi connectivity index (χ0n) is 7.13. The normalized spacial score (nSPS) is 10.7. The summed E-state index contributed by atoms with van der Waals surface area (Å²) in [7, 11) is 0. The highest BCUT2D eigenvalue weighted by molar-refractivity contribution is 5.90. The number of carbonyl (C=O) groups excluding carboxylic acids is 1. The molecule has 74 valence electrons. The summed E-state index contributed by atoms with van der Waals surface area (Å²) >= 11 is 0. The third kappa shape index (κ3) is 2.07. The van der Waals surface area contributed by atoms with Gasteiger partial charge >= 0.3 is 0 Å². The average molecular weight is 198 g/mol. The summed E-state index contributed by atoms with van der Waals surface area (Å²) in [5, 5.41) is 0. The van der Waals surface area contributed by atoms with Crippen LogP contribution in [0, 0.1) is 11.6 Å². The number of hydrogen-bond donors (Lipinski definition) is 2. The van der Waals surface area contributed by atoms with E-state index in [1.165, 1.54) is 0 Å². The third-order valence-electron chi connectivity index (χ3n) is 1.57. The van der Waals surface area contributed by atoms with Crippen molar-refractivity contribution in [2.24, 2.45) is 5.73 Å². The highest BCUT2D eigenvalue weighted by Crippen LogP contribution is 2.19. The van der Waals surface area contributed by atoms with Gasteiger partial charge in [0.2, 0.25) is 5.91 Å². The lowest BCUT2D eigenvalue weighted by Crippen LogP contribution is -2.05. The summed E-state index contributed by atoms with van der Waals surface area (Å²) in [6.45, 7) is 0. The number of primary amides is 1. The minimum Gasteiger partial charge on any atom is -0.396 e. The molecule has 14 heavy (non-hydrogen) atoms. The second kappa shape index (κ2) is 3.87. The smallest absolute Gasteiger partial charge is 0.241 e. The van der Waals surface area contributed by atoms with E-state index in [1.54, 1.807) is 0 Å². The molecule has 0 atom stereocenters. The minimum absolute atomic E-state index is 0.185. The second-order valence-electron chi connectivity index (χ2n) is 2.60. The maximum Gasteiger partial charge on any atom is 0.241 e. The van der Waals surface area contributed by atoms with E-state index in [0.717, 1.165) is 24.3 Å². The van der Waals surface area contributed by atoms with Crippen molar-refractivity contribution < 1.29 is 13.6 Å². The number of carbonyl (C=O) groups is 1. The topological polar surface area (TPSA) is 69.1 Å². The molecule has 0 heterocycles. The van der Waals surface area contributed by atoms with Crippen molar-refractivity contribution in [2.75, 3.05) is 5.73 Å². The Kier molecular flexibility index (Phi) is 2.81. The Morgan fingerprint density at radius 1 is 1.36 bits per heavy atom. The first kappa shape index (κ1) is 10.2. The van der Waals surface area contributed by atoms with E-state index in [9.17, 15) is 13.6 Å². The minimum atomic E-state index is -0.900. The fourth-order valence-corrected chi connectivity index (χ4v) is 0.904. The lowest BCUT2D eigenvalue weighted by atomic mass is 10.1. The van der Waals surface area contributed by atoms with Gasteiger partial charge in [0, 0.05) is 11.6 Å². The second-order valence-corrected chi connectivity index (χ2v) is 2.60. The SMILES string of the molecule is NC(=O)C=Cc1c(F)ccc(N)c1F. The van der Waals surface area contributed by atoms with Gasteiger partial charge in [0.15, 0.2) is 5.82 Å². The molecule has 0 saturated carbocycles. The number of benzene rings is 1. The van der Waals surface area contributed by atoms with Crippen LogP contribution >= 0.6 is 0 Å². The van der Waals surface area contributed by atoms with Crippen molar-refractivity contribution in [3.63, 3.8) is 0 Å². The van der Waals surface area contributed by atoms with Crippen LogP contribution in [0.1, 0.15) is 5.56 Å². The molecular weight excluding hydrogens is 190 g/mol. The lowest BCUT2D eigenvalue weighted by molar-refractivity contribution is -0.113. The van der Waals surface area contributed by atoms with Gasteiger partial charge in [0.05, 0.1) is 5.69 Å². The van der Waals surface area contributed by atoms with Crippen LogP contribution in [-0.2, 0) is 4.79 Å². The standard InChI is InChI=1S/C9H8F2N2O/c10-6-2-3-7(12)9(11)5(6)1-4-8(13)14/h1-4H,12H2,(H2,13,14). The summed E-state index contributed by atoms with van der Waals surface area (Å²) in [6.07, 6.45) is 1.81. The molecule has 0 spiro atoms. The van der Waals surface area contributed by atoms with E-state index in [1.807, 2.05) is 0 Å². The van der Waals surface area contributed by atoms with E-state index in [-0.39, 0.29) is 11.3 Å². The van der Waals surface area contributed by atoms with Crippen LogP contribution in [0.4, 0.5) is 14.5 Å². The highest BCUT2D eigenvalue weighted by Gasteiger charge is 2.08. The Labute approximate surface area is 79.0 Å². The Morgan fingerprint density at radius 2 is 2.00 bits per heavy atom. The van der Waals surface area contributed by atoms with E-state index < -0.39 is 17.5 Å². The van der Waals surface area contributed by atoms with E-state index in [0.29, 0.717) is 0 Å². The largest absolute Gasteiger partial charge is 0.396 e. The van der Waals surface area contributed by atoms with Crippen LogP contribution in [-0.4, -0.2) is 5.91 Å². The van der Waals surface area contributed by atoms with Crippen LogP contribution in [0.25, 0.3) is 6.08 Å². The third-order valence-corrected chi connectivity index (χ3v) is 1.57. The molecule has 0 saturated heterocycles. The molecule has 1 aromatic carbocycles. The predicted molar refractivity (Wildman–Crippen MR) is 49.0 cm³/mol. The lowest BCUT2D eigenvalue weighted by Gasteiger charge is -2.01. The first-order chi connectivity index (χ1) is 6.52. The summed E-state index contributed by atoms with van der Waals surface area (Å²) in [4.78, 5) is 10.3. The first-order valence-electron chi connectivity index (χ1n) is 3.73. The number of nitrogens with two attached hydrogens (primary N) is 2. The quantitative estimate of drug-likeness (QED) is 0.550. The van der Waals surface area contributed by atoms with E-state index >= 15 is 0 Å². The van der Waals surface area contributed by atoms with Gasteiger partial charge in [-0.25, -0.2) is 8.78 Å². The number of hydrogen-bond acceptors (Lipinski definition) is 2. The summed E-state index contributed by atoms with van der Waals surface area (Å²) in [5.74, 6) is -2.48. The van der Waals surface area contributed by atoms with E-state index in [4.69, 9.17) is 11.5 Å². The monoisotopic (exact) mass is 198 g/mol. The summed E-state index contributed by atoms with van der Waals surface area (Å²) in [5.41, 5.74) is 9.42. The Hall–Kier alpha value is -1.91. The molecule has 5 heteroatoms. The molecule has 0 aliphatic carbocycles. The van der Waals surface area contributed by atoms with Crippen LogP contribution in [0.2, 0.25) is 0 Å². The van der Waals surface area contributed by atoms with Crippen molar-refractivity contribution >= 4 is 17.7 Å². The van der Waals surface area contributed by atoms with Gasteiger partial charge < -0.3 is 11.5 Å². The number of halogens is 2. The van der Waals surface area contributed by atoms with Gasteiger partial charge in [-0.2, -0.15) is 0 Å². The number of amides is 1. The zero-order valence-corrected chi connectivity index (χ0v) is 7.13. The molecule has 0 unspecified atom stereocenters. The molecule has 1 amide bonds. The number of anilines is 1. The van der Waals surface area contributed by atoms with Crippen LogP contribution in [0.15, 0.2) is 18.2 Å². The summed E-state index contributed by atoms with van der Waals surface area (Å²) < 4.78 is 26.1. The first-order valence-corrected chi connectivity index (χ1v) is 3.73. The molecule has 0 aliphatic heterocycles. The maximum absolute atomic E-state index is 13.1. The van der Waals surface area contributed by atoms with Gasteiger partial charge in [-0.3, -0.25) is 4.79 Å². The molecule has 0 aliphatic rings. The molecule has 0 fully saturated rings. The van der Waals surface area contributed by atoms with Crippen molar-refractivity contribution in [1.82, 2.24) is 0 Å². The fraction of sp³-hybridized carbons (Fsp3) is 0. The van der Waals surface area contributed by atoms with Gasteiger partial charge in [-0.05, 0) is 18.2 Å². The van der Waals surface area contributed by atoms with Crippen molar-refractivity contribution in [1.29, 1.82) is 0 Å². The molecule has 4 N–H and O–H groups in total. The van der Waals surface area contributed by atoms with Crippen molar-refractivity contribution in [3.8, 4) is 0 Å². The zero-order chi connectivity index (χ0) is 10.7. The number of rotatable bonds is 2. The number of nitrogen functional groups attached to an aromatic ring is 1. The van der Waals surface area contributed by atoms with Gasteiger partial charge in [0.1, 0.15) is 5.82 Å². The van der Waals surface area contributed by atoms with Crippen LogP contribution in [0.5, 0.6) is 0 Å². The van der Waals surface area contributed by atoms with Gasteiger partial charge in [-0.1, -0.05) is 0 Å². The van der Waals surface area contributed by atoms with Gasteiger partial charge in [0.25, 0.3) is 0 Å². The fourth-order valence-electron chi connectivity index (χ4n) is 0.904. The highest BCUT2D eigenvalue weighted by atomic mass is 19.1. The average Bonchev–Trinajstić information content (AvgIpc) is 2.11.